The van der Waals surface area contributed by atoms with Gasteiger partial charge in [-0.25, -0.2) is 0 Å². The highest BCUT2D eigenvalue weighted by Gasteiger charge is 2.54. The number of benzene rings is 1. The van der Waals surface area contributed by atoms with Crippen LogP contribution in [-0.4, -0.2) is 16.3 Å². The number of hydrogen-bond donors (Lipinski definition) is 2. The predicted molar refractivity (Wildman–Crippen MR) is 94.8 cm³/mol. The lowest BCUT2D eigenvalue weighted by molar-refractivity contribution is -0.0245. The first-order valence-electron chi connectivity index (χ1n) is 9.51. The van der Waals surface area contributed by atoms with Gasteiger partial charge in [0.2, 0.25) is 0 Å². The summed E-state index contributed by atoms with van der Waals surface area (Å²) in [5.41, 5.74) is 2.98. The van der Waals surface area contributed by atoms with E-state index in [2.05, 4.69) is 19.9 Å². The lowest BCUT2D eigenvalue weighted by Gasteiger charge is -2.51. The monoisotopic (exact) mass is 316 g/mol. The third-order valence-corrected chi connectivity index (χ3v) is 7.01. The largest absolute Gasteiger partial charge is 0.508 e. The van der Waals surface area contributed by atoms with E-state index in [0.29, 0.717) is 29.4 Å². The molecule has 0 heterocycles. The molecule has 3 unspecified atom stereocenters. The zero-order valence-corrected chi connectivity index (χ0v) is 15.0. The van der Waals surface area contributed by atoms with Crippen molar-refractivity contribution < 1.29 is 10.2 Å². The number of rotatable bonds is 0. The molecule has 128 valence electrons. The summed E-state index contributed by atoms with van der Waals surface area (Å²) in [4.78, 5) is 0. The second kappa shape index (κ2) is 6.12. The number of hydrogen-bond acceptors (Lipinski definition) is 2. The number of phenolic OH excluding ortho intramolecular Hbond substituents is 1. The van der Waals surface area contributed by atoms with Crippen LogP contribution in [0, 0.1) is 17.3 Å². The second-order valence-electron chi connectivity index (χ2n) is 7.96. The molecule has 0 amide bonds. The third kappa shape index (κ3) is 2.50. The number of phenols is 1. The summed E-state index contributed by atoms with van der Waals surface area (Å²) >= 11 is 0. The van der Waals surface area contributed by atoms with E-state index in [1.807, 2.05) is 26.0 Å². The van der Waals surface area contributed by atoms with E-state index < -0.39 is 0 Å². The first kappa shape index (κ1) is 16.8. The summed E-state index contributed by atoms with van der Waals surface area (Å²) in [5, 5.41) is 20.2. The van der Waals surface area contributed by atoms with Crippen LogP contribution in [0.5, 0.6) is 5.75 Å². The summed E-state index contributed by atoms with van der Waals surface area (Å²) < 4.78 is 0. The van der Waals surface area contributed by atoms with Gasteiger partial charge in [-0.05, 0) is 84.5 Å². The molecule has 3 aliphatic carbocycles. The van der Waals surface area contributed by atoms with Crippen LogP contribution < -0.4 is 0 Å². The molecule has 0 radical (unpaired) electrons. The summed E-state index contributed by atoms with van der Waals surface area (Å²) in [6, 6.07) is 5.99. The Balaban J connectivity index is 0.000000753. The predicted octanol–water partition coefficient (Wildman–Crippen LogP) is 5.20. The summed E-state index contributed by atoms with van der Waals surface area (Å²) in [5.74, 6) is 2.95. The standard InChI is InChI=1S/C19H26O2.C2H6/c1-11-9-16-14(13-4-3-12(20)10-15(11)13)7-8-19(2)17(16)5-6-18(19)21;1-2/h3-4,10-11,14,16-18,20-21H,5-9H2,1-2H3;1-2H3/t11-,14?,16-,17?,18?,19+;/m1./s1. The van der Waals surface area contributed by atoms with Gasteiger partial charge in [-0.15, -0.1) is 0 Å². The van der Waals surface area contributed by atoms with Crippen LogP contribution in [0.2, 0.25) is 0 Å². The lowest BCUT2D eigenvalue weighted by atomic mass is 9.54. The molecule has 2 nitrogen and oxygen atoms in total. The molecule has 0 aromatic heterocycles. The van der Waals surface area contributed by atoms with Crippen molar-refractivity contribution in [3.05, 3.63) is 29.3 Å². The molecular weight excluding hydrogens is 284 g/mol. The van der Waals surface area contributed by atoms with E-state index >= 15 is 0 Å². The first-order valence-corrected chi connectivity index (χ1v) is 9.51. The lowest BCUT2D eigenvalue weighted by Crippen LogP contribution is -2.44. The molecule has 23 heavy (non-hydrogen) atoms. The van der Waals surface area contributed by atoms with Gasteiger partial charge >= 0.3 is 0 Å². The maximum atomic E-state index is 10.4. The highest BCUT2D eigenvalue weighted by molar-refractivity contribution is 5.42. The molecular formula is C21H32O2. The molecule has 2 saturated carbocycles. The molecule has 2 heteroatoms. The minimum Gasteiger partial charge on any atom is -0.508 e. The average Bonchev–Trinajstić information content (AvgIpc) is 2.86. The minimum atomic E-state index is -0.0972. The van der Waals surface area contributed by atoms with E-state index in [-0.39, 0.29) is 11.5 Å². The summed E-state index contributed by atoms with van der Waals surface area (Å²) in [6.45, 7) is 8.62. The normalized spacial score (nSPS) is 41.2. The Bertz CT molecular complexity index is 567. The SMILES string of the molecule is CC.C[C@@H]1C[C@@H]2C(CC[C@]3(C)C(O)CCC23)c2ccc(O)cc21. The van der Waals surface area contributed by atoms with Crippen molar-refractivity contribution in [2.24, 2.45) is 17.3 Å². The van der Waals surface area contributed by atoms with Crippen LogP contribution in [0.1, 0.15) is 82.8 Å². The van der Waals surface area contributed by atoms with E-state index in [9.17, 15) is 10.2 Å². The zero-order chi connectivity index (χ0) is 16.8. The van der Waals surface area contributed by atoms with Crippen LogP contribution in [-0.2, 0) is 0 Å². The maximum absolute atomic E-state index is 10.4. The topological polar surface area (TPSA) is 40.5 Å². The number of aliphatic hydroxyl groups is 1. The molecule has 0 spiro atoms. The average molecular weight is 316 g/mol. The Hall–Kier alpha value is -1.02. The van der Waals surface area contributed by atoms with Crippen LogP contribution >= 0.6 is 0 Å². The van der Waals surface area contributed by atoms with E-state index in [0.717, 1.165) is 12.8 Å². The second-order valence-corrected chi connectivity index (χ2v) is 7.96. The van der Waals surface area contributed by atoms with E-state index in [4.69, 9.17) is 0 Å². The van der Waals surface area contributed by atoms with Crippen molar-refractivity contribution >= 4 is 0 Å². The fraction of sp³-hybridized carbons (Fsp3) is 0.714. The number of aliphatic hydroxyl groups excluding tert-OH is 1. The van der Waals surface area contributed by atoms with Crippen molar-refractivity contribution in [3.8, 4) is 5.75 Å². The van der Waals surface area contributed by atoms with Crippen LogP contribution in [0.15, 0.2) is 18.2 Å². The van der Waals surface area contributed by atoms with Crippen molar-refractivity contribution in [2.75, 3.05) is 0 Å². The number of fused-ring (bicyclic) bond motifs is 5. The smallest absolute Gasteiger partial charge is 0.115 e. The fourth-order valence-corrected chi connectivity index (χ4v) is 5.84. The molecule has 4 rings (SSSR count). The first-order chi connectivity index (χ1) is 11.0. The molecule has 0 bridgehead atoms. The van der Waals surface area contributed by atoms with Crippen LogP contribution in [0.4, 0.5) is 0 Å². The highest BCUT2D eigenvalue weighted by atomic mass is 16.3. The van der Waals surface area contributed by atoms with Gasteiger partial charge in [-0.1, -0.05) is 33.8 Å². The zero-order valence-electron chi connectivity index (χ0n) is 15.0. The van der Waals surface area contributed by atoms with Gasteiger partial charge in [0.1, 0.15) is 5.75 Å². The van der Waals surface area contributed by atoms with Gasteiger partial charge < -0.3 is 10.2 Å². The van der Waals surface area contributed by atoms with Crippen molar-refractivity contribution in [1.82, 2.24) is 0 Å². The van der Waals surface area contributed by atoms with Gasteiger partial charge in [0.25, 0.3) is 0 Å². The molecule has 2 fully saturated rings. The van der Waals surface area contributed by atoms with Crippen LogP contribution in [0.3, 0.4) is 0 Å². The van der Waals surface area contributed by atoms with Gasteiger partial charge in [-0.2, -0.15) is 0 Å². The van der Waals surface area contributed by atoms with Crippen molar-refractivity contribution in [1.29, 1.82) is 0 Å². The fourth-order valence-electron chi connectivity index (χ4n) is 5.84. The van der Waals surface area contributed by atoms with Gasteiger partial charge in [0.05, 0.1) is 6.10 Å². The van der Waals surface area contributed by atoms with Gasteiger partial charge in [0, 0.05) is 0 Å². The molecule has 1 aromatic rings. The molecule has 0 saturated heterocycles. The summed E-state index contributed by atoms with van der Waals surface area (Å²) in [6.07, 6.45) is 5.64. The Morgan fingerprint density at radius 1 is 1.09 bits per heavy atom. The minimum absolute atomic E-state index is 0.0972. The Labute approximate surface area is 140 Å². The Morgan fingerprint density at radius 3 is 2.57 bits per heavy atom. The number of aromatic hydroxyl groups is 1. The van der Waals surface area contributed by atoms with Crippen LogP contribution in [0.25, 0.3) is 0 Å². The highest BCUT2D eigenvalue weighted by Crippen LogP contribution is 2.62. The Kier molecular flexibility index (Phi) is 4.48. The summed E-state index contributed by atoms with van der Waals surface area (Å²) in [7, 11) is 0. The van der Waals surface area contributed by atoms with Crippen molar-refractivity contribution in [2.45, 2.75) is 77.7 Å². The molecule has 6 atom stereocenters. The third-order valence-electron chi connectivity index (χ3n) is 7.01. The molecule has 2 N–H and O–H groups in total. The Morgan fingerprint density at radius 2 is 1.83 bits per heavy atom. The van der Waals surface area contributed by atoms with E-state index in [1.165, 1.54) is 30.4 Å². The van der Waals surface area contributed by atoms with Gasteiger partial charge in [0.15, 0.2) is 0 Å². The maximum Gasteiger partial charge on any atom is 0.115 e. The quantitative estimate of drug-likeness (QED) is 0.691. The van der Waals surface area contributed by atoms with E-state index in [1.54, 1.807) is 0 Å². The molecule has 3 aliphatic rings. The van der Waals surface area contributed by atoms with Crippen molar-refractivity contribution in [3.63, 3.8) is 0 Å². The molecule has 1 aromatic carbocycles. The van der Waals surface area contributed by atoms with Gasteiger partial charge in [-0.3, -0.25) is 0 Å². The molecule has 0 aliphatic heterocycles.